The maximum atomic E-state index is 11.8. The molecule has 0 radical (unpaired) electrons. The molecule has 0 saturated carbocycles. The largest absolute Gasteiger partial charge is 0.497 e. The lowest BCUT2D eigenvalue weighted by Gasteiger charge is -2.01. The molecule has 76 valence electrons. The van der Waals surface area contributed by atoms with Crippen LogP contribution in [0.5, 0.6) is 5.75 Å². The molecule has 0 bridgehead atoms. The predicted octanol–water partition coefficient (Wildman–Crippen LogP) is 2.02. The third kappa shape index (κ3) is 1.71. The van der Waals surface area contributed by atoms with Crippen LogP contribution >= 0.6 is 11.8 Å². The molecule has 1 aliphatic carbocycles. The molecule has 1 aromatic rings. The number of hydrogen-bond donors (Lipinski definition) is 0. The zero-order valence-electron chi connectivity index (χ0n) is 8.19. The Morgan fingerprint density at radius 2 is 2.40 bits per heavy atom. The van der Waals surface area contributed by atoms with E-state index in [9.17, 15) is 4.79 Å². The van der Waals surface area contributed by atoms with Gasteiger partial charge in [0.2, 0.25) is 0 Å². The predicted molar refractivity (Wildman–Crippen MR) is 58.0 cm³/mol. The lowest BCUT2D eigenvalue weighted by Crippen LogP contribution is -2.09. The molecule has 3 nitrogen and oxygen atoms in total. The molecular formula is C11H9NO2S. The SMILES string of the molecule is COc1ccc2c(c1)CC(SC#N)C2=O. The third-order valence-electron chi connectivity index (χ3n) is 2.47. The minimum Gasteiger partial charge on any atom is -0.497 e. The number of benzene rings is 1. The van der Waals surface area contributed by atoms with Crippen molar-refractivity contribution in [1.29, 1.82) is 5.26 Å². The Bertz CT molecular complexity index is 450. The first-order valence-corrected chi connectivity index (χ1v) is 5.40. The molecule has 0 saturated heterocycles. The summed E-state index contributed by atoms with van der Waals surface area (Å²) in [4.78, 5) is 11.8. The molecular weight excluding hydrogens is 210 g/mol. The summed E-state index contributed by atoms with van der Waals surface area (Å²) in [6.45, 7) is 0. The molecule has 0 amide bonds. The fourth-order valence-corrected chi connectivity index (χ4v) is 2.36. The van der Waals surface area contributed by atoms with Crippen molar-refractivity contribution < 1.29 is 9.53 Å². The number of fused-ring (bicyclic) bond motifs is 1. The summed E-state index contributed by atoms with van der Waals surface area (Å²) in [5.41, 5.74) is 1.70. The van der Waals surface area contributed by atoms with Gasteiger partial charge in [0.05, 0.1) is 12.4 Å². The van der Waals surface area contributed by atoms with Gasteiger partial charge in [-0.15, -0.1) is 0 Å². The Balaban J connectivity index is 2.33. The van der Waals surface area contributed by atoms with Crippen molar-refractivity contribution in [3.8, 4) is 11.2 Å². The number of nitriles is 1. The van der Waals surface area contributed by atoms with Crippen molar-refractivity contribution in [3.05, 3.63) is 29.3 Å². The highest BCUT2D eigenvalue weighted by atomic mass is 32.2. The van der Waals surface area contributed by atoms with Gasteiger partial charge < -0.3 is 4.74 Å². The van der Waals surface area contributed by atoms with Gasteiger partial charge in [0.15, 0.2) is 5.78 Å². The fraction of sp³-hybridized carbons (Fsp3) is 0.273. The van der Waals surface area contributed by atoms with E-state index in [0.717, 1.165) is 28.6 Å². The molecule has 15 heavy (non-hydrogen) atoms. The molecule has 1 unspecified atom stereocenters. The summed E-state index contributed by atoms with van der Waals surface area (Å²) in [5, 5.41) is 10.3. The molecule has 0 heterocycles. The number of hydrogen-bond acceptors (Lipinski definition) is 4. The molecule has 0 N–H and O–H groups in total. The van der Waals surface area contributed by atoms with Crippen LogP contribution in [0.25, 0.3) is 0 Å². The second-order valence-corrected chi connectivity index (χ2v) is 4.28. The minimum atomic E-state index is -0.239. The number of thioether (sulfide) groups is 1. The highest BCUT2D eigenvalue weighted by Gasteiger charge is 2.31. The quantitative estimate of drug-likeness (QED) is 0.714. The van der Waals surface area contributed by atoms with Gasteiger partial charge in [-0.3, -0.25) is 4.79 Å². The number of carbonyl (C=O) groups is 1. The van der Waals surface area contributed by atoms with Crippen molar-refractivity contribution in [1.82, 2.24) is 0 Å². The highest BCUT2D eigenvalue weighted by molar-refractivity contribution is 8.05. The first kappa shape index (κ1) is 10.1. The molecule has 1 aromatic carbocycles. The van der Waals surface area contributed by atoms with Crippen LogP contribution in [-0.2, 0) is 6.42 Å². The van der Waals surface area contributed by atoms with E-state index in [1.54, 1.807) is 19.2 Å². The number of rotatable bonds is 2. The molecule has 1 aliphatic rings. The van der Waals surface area contributed by atoms with Gasteiger partial charge in [-0.2, -0.15) is 5.26 Å². The molecule has 0 spiro atoms. The first-order valence-electron chi connectivity index (χ1n) is 4.52. The minimum absolute atomic E-state index is 0.0548. The Labute approximate surface area is 92.0 Å². The first-order chi connectivity index (χ1) is 7.26. The Morgan fingerprint density at radius 3 is 3.07 bits per heavy atom. The van der Waals surface area contributed by atoms with Crippen molar-refractivity contribution in [2.24, 2.45) is 0 Å². The molecule has 0 aromatic heterocycles. The fourth-order valence-electron chi connectivity index (χ4n) is 1.73. The van der Waals surface area contributed by atoms with E-state index in [2.05, 4.69) is 0 Å². The normalized spacial score (nSPS) is 18.4. The van der Waals surface area contributed by atoms with Gasteiger partial charge in [0, 0.05) is 5.56 Å². The summed E-state index contributed by atoms with van der Waals surface area (Å²) in [7, 11) is 1.60. The summed E-state index contributed by atoms with van der Waals surface area (Å²) < 4.78 is 5.09. The van der Waals surface area contributed by atoms with E-state index in [1.165, 1.54) is 0 Å². The van der Waals surface area contributed by atoms with Crippen molar-refractivity contribution in [2.75, 3.05) is 7.11 Å². The number of thiocyanates is 1. The maximum absolute atomic E-state index is 11.8. The van der Waals surface area contributed by atoms with E-state index < -0.39 is 0 Å². The van der Waals surface area contributed by atoms with Gasteiger partial charge in [0.25, 0.3) is 0 Å². The van der Waals surface area contributed by atoms with E-state index >= 15 is 0 Å². The summed E-state index contributed by atoms with van der Waals surface area (Å²) in [6, 6.07) is 5.41. The second kappa shape index (κ2) is 3.95. The topological polar surface area (TPSA) is 50.1 Å². The second-order valence-electron chi connectivity index (χ2n) is 3.29. The van der Waals surface area contributed by atoms with E-state index in [-0.39, 0.29) is 11.0 Å². The number of ether oxygens (including phenoxy) is 1. The smallest absolute Gasteiger partial charge is 0.177 e. The van der Waals surface area contributed by atoms with Gasteiger partial charge in [0.1, 0.15) is 11.2 Å². The Hall–Kier alpha value is -1.47. The van der Waals surface area contributed by atoms with E-state index in [1.807, 2.05) is 11.5 Å². The van der Waals surface area contributed by atoms with Gasteiger partial charge in [-0.1, -0.05) is 0 Å². The monoisotopic (exact) mass is 219 g/mol. The van der Waals surface area contributed by atoms with Crippen LogP contribution in [-0.4, -0.2) is 18.1 Å². The Morgan fingerprint density at radius 1 is 1.60 bits per heavy atom. The third-order valence-corrected chi connectivity index (χ3v) is 3.24. The molecule has 0 aliphatic heterocycles. The molecule has 0 fully saturated rings. The van der Waals surface area contributed by atoms with Crippen LogP contribution in [0.15, 0.2) is 18.2 Å². The van der Waals surface area contributed by atoms with E-state index in [4.69, 9.17) is 10.00 Å². The van der Waals surface area contributed by atoms with Gasteiger partial charge >= 0.3 is 0 Å². The number of Topliss-reactive ketones (excluding diaryl/α,β-unsaturated/α-hetero) is 1. The number of nitrogens with zero attached hydrogens (tertiary/aromatic N) is 1. The van der Waals surface area contributed by atoms with Crippen LogP contribution in [0.2, 0.25) is 0 Å². The van der Waals surface area contributed by atoms with Crippen LogP contribution in [0, 0.1) is 10.7 Å². The summed E-state index contributed by atoms with van der Waals surface area (Å²) >= 11 is 1.03. The van der Waals surface area contributed by atoms with Crippen LogP contribution in [0.4, 0.5) is 0 Å². The Kier molecular flexibility index (Phi) is 2.65. The maximum Gasteiger partial charge on any atom is 0.177 e. The summed E-state index contributed by atoms with van der Waals surface area (Å²) in [6.07, 6.45) is 0.629. The van der Waals surface area contributed by atoms with Crippen molar-refractivity contribution in [2.45, 2.75) is 11.7 Å². The number of methoxy groups -OCH3 is 1. The standard InChI is InChI=1S/C11H9NO2S/c1-14-8-2-3-9-7(4-8)5-10(11(9)13)15-6-12/h2-4,10H,5H2,1H3. The average molecular weight is 219 g/mol. The molecule has 1 atom stereocenters. The summed E-state index contributed by atoms with van der Waals surface area (Å²) in [5.74, 6) is 0.809. The van der Waals surface area contributed by atoms with E-state index in [0.29, 0.717) is 6.42 Å². The lowest BCUT2D eigenvalue weighted by molar-refractivity contribution is 0.100. The van der Waals surface area contributed by atoms with Gasteiger partial charge in [-0.25, -0.2) is 0 Å². The average Bonchev–Trinajstić information content (AvgIpc) is 2.56. The zero-order chi connectivity index (χ0) is 10.8. The lowest BCUT2D eigenvalue weighted by atomic mass is 10.1. The van der Waals surface area contributed by atoms with Gasteiger partial charge in [-0.05, 0) is 41.9 Å². The zero-order valence-corrected chi connectivity index (χ0v) is 9.00. The van der Waals surface area contributed by atoms with Crippen molar-refractivity contribution in [3.63, 3.8) is 0 Å². The molecule has 2 rings (SSSR count). The number of carbonyl (C=O) groups excluding carboxylic acids is 1. The van der Waals surface area contributed by atoms with Crippen LogP contribution < -0.4 is 4.74 Å². The number of ketones is 1. The highest BCUT2D eigenvalue weighted by Crippen LogP contribution is 2.31. The van der Waals surface area contributed by atoms with Crippen LogP contribution in [0.1, 0.15) is 15.9 Å². The molecule has 4 heteroatoms. The van der Waals surface area contributed by atoms with Crippen LogP contribution in [0.3, 0.4) is 0 Å². The van der Waals surface area contributed by atoms with Crippen molar-refractivity contribution >= 4 is 17.5 Å².